The summed E-state index contributed by atoms with van der Waals surface area (Å²) in [6.07, 6.45) is 13.3. The molecule has 0 heterocycles. The summed E-state index contributed by atoms with van der Waals surface area (Å²) in [5, 5.41) is 8.53. The molecule has 0 bridgehead atoms. The zero-order valence-corrected chi connectivity index (χ0v) is 19.0. The van der Waals surface area contributed by atoms with Crippen LogP contribution in [0, 0.1) is 17.8 Å². The van der Waals surface area contributed by atoms with Crippen LogP contribution >= 0.6 is 0 Å². The summed E-state index contributed by atoms with van der Waals surface area (Å²) >= 11 is 0. The Hall–Kier alpha value is -1.32. The highest BCUT2D eigenvalue weighted by molar-refractivity contribution is 5.76. The Morgan fingerprint density at radius 3 is 1.89 bits per heavy atom. The van der Waals surface area contributed by atoms with Crippen molar-refractivity contribution in [2.75, 3.05) is 6.61 Å². The van der Waals surface area contributed by atoms with E-state index in [0.29, 0.717) is 0 Å². The van der Waals surface area contributed by atoms with Gasteiger partial charge in [-0.25, -0.2) is 0 Å². The summed E-state index contributed by atoms with van der Waals surface area (Å²) in [4.78, 5) is 21.8. The molecular formula is C24H44O4. The summed E-state index contributed by atoms with van der Waals surface area (Å²) in [5.74, 6) is 1.03. The van der Waals surface area contributed by atoms with Gasteiger partial charge >= 0.3 is 11.9 Å². The van der Waals surface area contributed by atoms with Crippen molar-refractivity contribution in [3.63, 3.8) is 0 Å². The third-order valence-electron chi connectivity index (χ3n) is 5.36. The molecule has 0 amide bonds. The van der Waals surface area contributed by atoms with Gasteiger partial charge in [0.15, 0.2) is 0 Å². The van der Waals surface area contributed by atoms with Gasteiger partial charge in [0.05, 0.1) is 12.8 Å². The molecule has 0 saturated heterocycles. The van der Waals surface area contributed by atoms with Gasteiger partial charge in [0.1, 0.15) is 6.61 Å². The predicted molar refractivity (Wildman–Crippen MR) is 116 cm³/mol. The number of aliphatic carboxylic acids is 1. The lowest BCUT2D eigenvalue weighted by Crippen LogP contribution is -2.07. The first-order chi connectivity index (χ1) is 13.2. The lowest BCUT2D eigenvalue weighted by molar-refractivity contribution is -0.146. The molecule has 0 radical (unpaired) electrons. The quantitative estimate of drug-likeness (QED) is 0.217. The van der Waals surface area contributed by atoms with E-state index >= 15 is 0 Å². The van der Waals surface area contributed by atoms with Crippen LogP contribution in [0.15, 0.2) is 11.6 Å². The Morgan fingerprint density at radius 2 is 1.36 bits per heavy atom. The van der Waals surface area contributed by atoms with E-state index in [4.69, 9.17) is 9.84 Å². The number of esters is 1. The Balaban J connectivity index is 3.71. The highest BCUT2D eigenvalue weighted by Gasteiger charge is 2.07. The van der Waals surface area contributed by atoms with Crippen LogP contribution in [-0.2, 0) is 14.3 Å². The number of ether oxygens (including phenoxy) is 1. The van der Waals surface area contributed by atoms with Crippen molar-refractivity contribution in [1.29, 1.82) is 0 Å². The summed E-state index contributed by atoms with van der Waals surface area (Å²) in [5.41, 5.74) is 1.23. The predicted octanol–water partition coefficient (Wildman–Crippen LogP) is 6.78. The third-order valence-corrected chi connectivity index (χ3v) is 5.36. The number of allylic oxidation sites excluding steroid dienone is 1. The molecule has 0 fully saturated rings. The number of hydrogen-bond donors (Lipinski definition) is 1. The van der Waals surface area contributed by atoms with Gasteiger partial charge in [0.25, 0.3) is 0 Å². The molecule has 2 atom stereocenters. The first kappa shape index (κ1) is 26.7. The fourth-order valence-electron chi connectivity index (χ4n) is 3.37. The van der Waals surface area contributed by atoms with E-state index in [1.54, 1.807) is 0 Å². The fraction of sp³-hybridized carbons (Fsp3) is 0.833. The first-order valence-corrected chi connectivity index (χ1v) is 11.2. The van der Waals surface area contributed by atoms with Crippen molar-refractivity contribution in [3.05, 3.63) is 11.6 Å². The first-order valence-electron chi connectivity index (χ1n) is 11.2. The van der Waals surface area contributed by atoms with Crippen LogP contribution in [0.2, 0.25) is 0 Å². The minimum atomic E-state index is -0.974. The average Bonchev–Trinajstić information content (AvgIpc) is 2.59. The van der Waals surface area contributed by atoms with Crippen molar-refractivity contribution in [3.8, 4) is 0 Å². The van der Waals surface area contributed by atoms with Crippen molar-refractivity contribution in [2.45, 2.75) is 105 Å². The Bertz CT molecular complexity index is 454. The second-order valence-corrected chi connectivity index (χ2v) is 8.99. The third kappa shape index (κ3) is 18.1. The van der Waals surface area contributed by atoms with Crippen molar-refractivity contribution >= 4 is 11.9 Å². The van der Waals surface area contributed by atoms with Gasteiger partial charge in [0, 0.05) is 0 Å². The normalized spacial score (nSPS) is 14.1. The van der Waals surface area contributed by atoms with Crippen LogP contribution in [0.4, 0.5) is 0 Å². The van der Waals surface area contributed by atoms with Gasteiger partial charge in [-0.05, 0) is 43.6 Å². The Kier molecular flexibility index (Phi) is 15.8. The topological polar surface area (TPSA) is 63.6 Å². The number of carbonyl (C=O) groups is 2. The maximum atomic E-state index is 11.4. The maximum absolute atomic E-state index is 11.4. The second kappa shape index (κ2) is 16.6. The van der Waals surface area contributed by atoms with Crippen LogP contribution in [0.5, 0.6) is 0 Å². The molecule has 164 valence electrons. The number of hydrogen-bond acceptors (Lipinski definition) is 3. The molecule has 0 aromatic heterocycles. The van der Waals surface area contributed by atoms with Gasteiger partial charge in [0.2, 0.25) is 0 Å². The van der Waals surface area contributed by atoms with Gasteiger partial charge in [-0.15, -0.1) is 0 Å². The molecular weight excluding hydrogens is 352 g/mol. The van der Waals surface area contributed by atoms with Gasteiger partial charge in [-0.2, -0.15) is 0 Å². The summed E-state index contributed by atoms with van der Waals surface area (Å²) in [6.45, 7) is 11.7. The second-order valence-electron chi connectivity index (χ2n) is 8.99. The minimum Gasteiger partial charge on any atom is -0.481 e. The SMILES string of the molecule is CC(=CCOC(=O)CCC(=O)O)CCCC(C)CCCC(C)CCCC(C)C. The standard InChI is InChI=1S/C24H44O4/c1-19(2)9-6-10-20(3)11-7-12-21(4)13-8-14-22(5)17-18-28-24(27)16-15-23(25)26/h17,19-21H,6-16,18H2,1-5H3,(H,25,26). The summed E-state index contributed by atoms with van der Waals surface area (Å²) in [7, 11) is 0. The van der Waals surface area contributed by atoms with E-state index in [0.717, 1.165) is 24.2 Å². The van der Waals surface area contributed by atoms with E-state index in [1.165, 1.54) is 56.9 Å². The van der Waals surface area contributed by atoms with Gasteiger partial charge in [-0.1, -0.05) is 78.2 Å². The lowest BCUT2D eigenvalue weighted by Gasteiger charge is -2.15. The minimum absolute atomic E-state index is 0.0594. The number of rotatable bonds is 17. The molecule has 0 rings (SSSR count). The fourth-order valence-corrected chi connectivity index (χ4v) is 3.37. The van der Waals surface area contributed by atoms with Crippen LogP contribution in [0.3, 0.4) is 0 Å². The number of carboxylic acids is 1. The summed E-state index contributed by atoms with van der Waals surface area (Å²) in [6, 6.07) is 0. The van der Waals surface area contributed by atoms with Crippen LogP contribution in [0.1, 0.15) is 105 Å². The molecule has 0 spiro atoms. The van der Waals surface area contributed by atoms with E-state index in [2.05, 4.69) is 34.6 Å². The Morgan fingerprint density at radius 1 is 0.821 bits per heavy atom. The van der Waals surface area contributed by atoms with E-state index in [-0.39, 0.29) is 19.4 Å². The van der Waals surface area contributed by atoms with Crippen LogP contribution in [-0.4, -0.2) is 23.7 Å². The zero-order valence-electron chi connectivity index (χ0n) is 19.0. The van der Waals surface area contributed by atoms with E-state index < -0.39 is 11.9 Å². The number of carboxylic acid groups (broad SMARTS) is 1. The molecule has 0 aliphatic heterocycles. The zero-order chi connectivity index (χ0) is 21.4. The molecule has 0 aliphatic rings. The van der Waals surface area contributed by atoms with Gasteiger partial charge < -0.3 is 9.84 Å². The van der Waals surface area contributed by atoms with Crippen LogP contribution < -0.4 is 0 Å². The smallest absolute Gasteiger partial charge is 0.306 e. The Labute approximate surface area is 173 Å². The van der Waals surface area contributed by atoms with Crippen molar-refractivity contribution in [1.82, 2.24) is 0 Å². The van der Waals surface area contributed by atoms with E-state index in [9.17, 15) is 9.59 Å². The maximum Gasteiger partial charge on any atom is 0.306 e. The molecule has 0 aromatic carbocycles. The summed E-state index contributed by atoms with van der Waals surface area (Å²) < 4.78 is 5.03. The van der Waals surface area contributed by atoms with Crippen molar-refractivity contribution < 1.29 is 19.4 Å². The molecule has 0 aliphatic carbocycles. The highest BCUT2D eigenvalue weighted by Crippen LogP contribution is 2.22. The molecule has 1 N–H and O–H groups in total. The monoisotopic (exact) mass is 396 g/mol. The lowest BCUT2D eigenvalue weighted by atomic mass is 9.91. The number of carbonyl (C=O) groups excluding carboxylic acids is 1. The highest BCUT2D eigenvalue weighted by atomic mass is 16.5. The molecule has 4 nitrogen and oxygen atoms in total. The molecule has 4 heteroatoms. The van der Waals surface area contributed by atoms with Crippen molar-refractivity contribution in [2.24, 2.45) is 17.8 Å². The molecule has 2 unspecified atom stereocenters. The molecule has 28 heavy (non-hydrogen) atoms. The molecule has 0 saturated carbocycles. The average molecular weight is 397 g/mol. The van der Waals surface area contributed by atoms with E-state index in [1.807, 2.05) is 6.08 Å². The molecule has 0 aromatic rings. The van der Waals surface area contributed by atoms with Gasteiger partial charge in [-0.3, -0.25) is 9.59 Å². The van der Waals surface area contributed by atoms with Crippen LogP contribution in [0.25, 0.3) is 0 Å². The largest absolute Gasteiger partial charge is 0.481 e.